The molecular formula is C28H33FN6O. The molecule has 36 heavy (non-hydrogen) atoms. The molecule has 0 amide bonds. The zero-order valence-corrected chi connectivity index (χ0v) is 21.0. The highest BCUT2D eigenvalue weighted by molar-refractivity contribution is 5.68. The van der Waals surface area contributed by atoms with Crippen LogP contribution in [0.15, 0.2) is 59.1 Å². The Morgan fingerprint density at radius 1 is 0.944 bits per heavy atom. The first-order valence-electron chi connectivity index (χ1n) is 12.4. The van der Waals surface area contributed by atoms with Crippen molar-refractivity contribution >= 4 is 5.82 Å². The summed E-state index contributed by atoms with van der Waals surface area (Å²) in [6.07, 6.45) is 4.21. The summed E-state index contributed by atoms with van der Waals surface area (Å²) in [5, 5.41) is 11.4. The number of nitrogen functional groups attached to an aromatic ring is 1. The van der Waals surface area contributed by atoms with Crippen LogP contribution in [0.5, 0.6) is 0 Å². The number of hydrogen-bond acceptors (Lipinski definition) is 7. The molecule has 0 radical (unpaired) electrons. The molecule has 188 valence electrons. The van der Waals surface area contributed by atoms with Crippen molar-refractivity contribution in [3.63, 3.8) is 0 Å². The first-order chi connectivity index (χ1) is 17.4. The van der Waals surface area contributed by atoms with Crippen LogP contribution in [0, 0.1) is 5.92 Å². The quantitative estimate of drug-likeness (QED) is 0.272. The number of aromatic nitrogens is 4. The Kier molecular flexibility index (Phi) is 8.38. The maximum atomic E-state index is 13.0. The monoisotopic (exact) mass is 488 g/mol. The highest BCUT2D eigenvalue weighted by Gasteiger charge is 2.17. The van der Waals surface area contributed by atoms with Crippen molar-refractivity contribution < 1.29 is 8.81 Å². The van der Waals surface area contributed by atoms with E-state index in [0.29, 0.717) is 30.4 Å². The van der Waals surface area contributed by atoms with Crippen LogP contribution in [0.25, 0.3) is 34.3 Å². The summed E-state index contributed by atoms with van der Waals surface area (Å²) in [6, 6.07) is 16.0. The van der Waals surface area contributed by atoms with Crippen LogP contribution >= 0.6 is 0 Å². The number of halogens is 1. The Bertz CT molecular complexity index is 1250. The lowest BCUT2D eigenvalue weighted by Gasteiger charge is -2.09. The Balaban J connectivity index is 1.48. The summed E-state index contributed by atoms with van der Waals surface area (Å²) in [6.45, 7) is 6.94. The molecule has 7 nitrogen and oxygen atoms in total. The fourth-order valence-electron chi connectivity index (χ4n) is 3.77. The normalized spacial score (nSPS) is 13.0. The van der Waals surface area contributed by atoms with E-state index in [0.717, 1.165) is 29.0 Å². The molecule has 2 aromatic carbocycles. The van der Waals surface area contributed by atoms with E-state index in [1.807, 2.05) is 24.3 Å². The second-order valence-electron chi connectivity index (χ2n) is 9.26. The van der Waals surface area contributed by atoms with Crippen LogP contribution in [0.2, 0.25) is 0 Å². The molecular weight excluding hydrogens is 455 g/mol. The van der Waals surface area contributed by atoms with Crippen LogP contribution < -0.4 is 11.1 Å². The molecule has 0 bridgehead atoms. The highest BCUT2D eigenvalue weighted by Crippen LogP contribution is 2.28. The molecule has 3 N–H and O–H groups in total. The highest BCUT2D eigenvalue weighted by atomic mass is 19.1. The van der Waals surface area contributed by atoms with E-state index in [-0.39, 0.29) is 11.7 Å². The van der Waals surface area contributed by atoms with E-state index >= 15 is 0 Å². The number of nitrogens with zero attached hydrogens (tertiary/aromatic N) is 4. The lowest BCUT2D eigenvalue weighted by Crippen LogP contribution is -2.21. The molecule has 8 heteroatoms. The van der Waals surface area contributed by atoms with Crippen molar-refractivity contribution in [1.82, 2.24) is 25.5 Å². The van der Waals surface area contributed by atoms with Crippen molar-refractivity contribution in [3.05, 3.63) is 65.9 Å². The number of anilines is 1. The maximum absolute atomic E-state index is 13.0. The molecule has 0 aliphatic heterocycles. The number of hydrogen-bond donors (Lipinski definition) is 2. The van der Waals surface area contributed by atoms with Crippen LogP contribution in [0.1, 0.15) is 44.7 Å². The van der Waals surface area contributed by atoms with Gasteiger partial charge in [-0.1, -0.05) is 56.7 Å². The summed E-state index contributed by atoms with van der Waals surface area (Å²) in [7, 11) is 0. The van der Waals surface area contributed by atoms with Gasteiger partial charge in [0.25, 0.3) is 5.89 Å². The molecule has 0 saturated carbocycles. The zero-order valence-electron chi connectivity index (χ0n) is 21.0. The summed E-state index contributed by atoms with van der Waals surface area (Å²) >= 11 is 0. The number of nitrogens with two attached hydrogens (primary N) is 1. The van der Waals surface area contributed by atoms with E-state index < -0.39 is 6.17 Å². The van der Waals surface area contributed by atoms with Gasteiger partial charge in [0, 0.05) is 24.2 Å². The van der Waals surface area contributed by atoms with E-state index in [1.165, 1.54) is 25.3 Å². The third-order valence-corrected chi connectivity index (χ3v) is 6.26. The van der Waals surface area contributed by atoms with Gasteiger partial charge in [-0.3, -0.25) is 0 Å². The summed E-state index contributed by atoms with van der Waals surface area (Å²) in [4.78, 5) is 8.99. The molecule has 0 spiro atoms. The minimum atomic E-state index is -0.881. The number of alkyl halides is 1. The standard InChI is InChI=1S/C28H33FN6O/c1-4-18(2)5-6-20-7-11-22(12-8-20)24-17-32-26(30)25(33-24)28-35-34-27(36-28)23-13-9-21(10-14-23)16-31-15-19(3)29/h7-14,17-19,31H,4-6,15-16H2,1-3H3,(H2,30,32). The topological polar surface area (TPSA) is 103 Å². The molecule has 4 rings (SSSR count). The molecule has 0 aliphatic rings. The van der Waals surface area contributed by atoms with Crippen molar-refractivity contribution in [3.8, 4) is 34.3 Å². The minimum Gasteiger partial charge on any atom is -0.414 e. The van der Waals surface area contributed by atoms with Crippen LogP contribution in [0.3, 0.4) is 0 Å². The summed E-state index contributed by atoms with van der Waals surface area (Å²) in [5.41, 5.74) is 11.2. The maximum Gasteiger partial charge on any atom is 0.270 e. The number of aryl methyl sites for hydroxylation is 1. The molecule has 0 saturated heterocycles. The van der Waals surface area contributed by atoms with Crippen LogP contribution in [-0.2, 0) is 13.0 Å². The van der Waals surface area contributed by atoms with Gasteiger partial charge < -0.3 is 15.5 Å². The summed E-state index contributed by atoms with van der Waals surface area (Å²) < 4.78 is 18.8. The molecule has 4 aromatic rings. The third-order valence-electron chi connectivity index (χ3n) is 6.26. The fourth-order valence-corrected chi connectivity index (χ4v) is 3.77. The Hall–Kier alpha value is -3.65. The largest absolute Gasteiger partial charge is 0.414 e. The van der Waals surface area contributed by atoms with Crippen molar-refractivity contribution in [1.29, 1.82) is 0 Å². The number of nitrogens with one attached hydrogen (secondary N) is 1. The smallest absolute Gasteiger partial charge is 0.270 e. The minimum absolute atomic E-state index is 0.213. The van der Waals surface area contributed by atoms with Crippen LogP contribution in [0.4, 0.5) is 10.2 Å². The number of rotatable bonds is 11. The average molecular weight is 489 g/mol. The Labute approximate surface area is 211 Å². The third kappa shape index (κ3) is 6.51. The molecule has 2 heterocycles. The summed E-state index contributed by atoms with van der Waals surface area (Å²) in [5.74, 6) is 1.52. The first-order valence-corrected chi connectivity index (χ1v) is 12.4. The first kappa shape index (κ1) is 25.4. The van der Waals surface area contributed by atoms with Gasteiger partial charge in [-0.2, -0.15) is 0 Å². The lowest BCUT2D eigenvalue weighted by atomic mass is 9.98. The van der Waals surface area contributed by atoms with Gasteiger partial charge in [0.05, 0.1) is 11.9 Å². The van der Waals surface area contributed by atoms with E-state index in [4.69, 9.17) is 10.2 Å². The van der Waals surface area contributed by atoms with Gasteiger partial charge in [0.2, 0.25) is 5.89 Å². The SMILES string of the molecule is CCC(C)CCc1ccc(-c2cnc(N)c(-c3nnc(-c4ccc(CNCC(C)F)cc4)o3)n2)cc1. The second kappa shape index (κ2) is 11.9. The van der Waals surface area contributed by atoms with Gasteiger partial charge in [0.15, 0.2) is 11.5 Å². The van der Waals surface area contributed by atoms with E-state index in [2.05, 4.69) is 63.6 Å². The Morgan fingerprint density at radius 3 is 2.31 bits per heavy atom. The van der Waals surface area contributed by atoms with Gasteiger partial charge in [-0.15, -0.1) is 10.2 Å². The Morgan fingerprint density at radius 2 is 1.61 bits per heavy atom. The molecule has 2 aromatic heterocycles. The van der Waals surface area contributed by atoms with E-state index in [1.54, 1.807) is 6.20 Å². The van der Waals surface area contributed by atoms with Gasteiger partial charge in [-0.25, -0.2) is 14.4 Å². The van der Waals surface area contributed by atoms with Gasteiger partial charge in [0.1, 0.15) is 6.17 Å². The lowest BCUT2D eigenvalue weighted by molar-refractivity contribution is 0.344. The van der Waals surface area contributed by atoms with Crippen molar-refractivity contribution in [2.75, 3.05) is 12.3 Å². The van der Waals surface area contributed by atoms with Gasteiger partial charge in [-0.05, 0) is 48.9 Å². The van der Waals surface area contributed by atoms with Crippen LogP contribution in [-0.4, -0.2) is 32.9 Å². The molecule has 2 unspecified atom stereocenters. The molecule has 2 atom stereocenters. The molecule has 0 aliphatic carbocycles. The predicted octanol–water partition coefficient (Wildman–Crippen LogP) is 5.87. The number of benzene rings is 2. The van der Waals surface area contributed by atoms with Gasteiger partial charge >= 0.3 is 0 Å². The van der Waals surface area contributed by atoms with Crippen molar-refractivity contribution in [2.24, 2.45) is 5.92 Å². The van der Waals surface area contributed by atoms with Crippen molar-refractivity contribution in [2.45, 2.75) is 52.8 Å². The second-order valence-corrected chi connectivity index (χ2v) is 9.26. The zero-order chi connectivity index (χ0) is 25.5. The average Bonchev–Trinajstić information content (AvgIpc) is 3.38. The predicted molar refractivity (Wildman–Crippen MR) is 141 cm³/mol. The fraction of sp³-hybridized carbons (Fsp3) is 0.357. The molecule has 0 fully saturated rings. The van der Waals surface area contributed by atoms with E-state index in [9.17, 15) is 4.39 Å².